The Balaban J connectivity index is 1.47. The fraction of sp³-hybridized carbons (Fsp3) is 0.167. The van der Waals surface area contributed by atoms with Crippen LogP contribution in [0, 0.1) is 0 Å². The molecule has 4 rings (SSSR count). The van der Waals surface area contributed by atoms with Gasteiger partial charge in [-0.25, -0.2) is 0 Å². The van der Waals surface area contributed by atoms with E-state index in [9.17, 15) is 19.2 Å². The number of hydrogen-bond acceptors (Lipinski definition) is 5. The maximum atomic E-state index is 13.5. The van der Waals surface area contributed by atoms with Crippen LogP contribution in [0.3, 0.4) is 0 Å². The molecular formula is C36H35N3O4S. The minimum atomic E-state index is -0.482. The van der Waals surface area contributed by atoms with Gasteiger partial charge >= 0.3 is 0 Å². The number of amides is 3. The number of carbonyl (C=O) groups is 4. The van der Waals surface area contributed by atoms with E-state index in [1.54, 1.807) is 79.7 Å². The second-order valence-electron chi connectivity index (χ2n) is 10.6. The van der Waals surface area contributed by atoms with Crippen molar-refractivity contribution in [2.24, 2.45) is 0 Å². The lowest BCUT2D eigenvalue weighted by Crippen LogP contribution is -2.30. The zero-order chi connectivity index (χ0) is 31.6. The van der Waals surface area contributed by atoms with Gasteiger partial charge in [-0.2, -0.15) is 0 Å². The van der Waals surface area contributed by atoms with Gasteiger partial charge in [-0.05, 0) is 91.6 Å². The fourth-order valence-corrected chi connectivity index (χ4v) is 5.15. The molecule has 0 heterocycles. The molecule has 3 amide bonds. The first kappa shape index (κ1) is 32.0. The van der Waals surface area contributed by atoms with Gasteiger partial charge in [-0.15, -0.1) is 11.8 Å². The van der Waals surface area contributed by atoms with Gasteiger partial charge in [0.25, 0.3) is 11.8 Å². The Kier molecular flexibility index (Phi) is 10.9. The van der Waals surface area contributed by atoms with Crippen molar-refractivity contribution in [1.29, 1.82) is 0 Å². The maximum absolute atomic E-state index is 13.5. The number of ketones is 1. The highest BCUT2D eigenvalue weighted by molar-refractivity contribution is 8.00. The van der Waals surface area contributed by atoms with Crippen LogP contribution in [0.1, 0.15) is 65.5 Å². The number of rotatable bonds is 11. The maximum Gasteiger partial charge on any atom is 0.272 e. The molecule has 0 spiro atoms. The van der Waals surface area contributed by atoms with E-state index in [0.29, 0.717) is 28.4 Å². The summed E-state index contributed by atoms with van der Waals surface area (Å²) in [6.45, 7) is 7.50. The Morgan fingerprint density at radius 2 is 1.39 bits per heavy atom. The molecule has 3 N–H and O–H groups in total. The summed E-state index contributed by atoms with van der Waals surface area (Å²) in [6, 6.07) is 30.5. The molecule has 0 bridgehead atoms. The van der Waals surface area contributed by atoms with Gasteiger partial charge < -0.3 is 16.0 Å². The molecule has 224 valence electrons. The number of benzene rings is 4. The number of Topliss-reactive ketones (excluding diaryl/α,β-unsaturated/α-hetero) is 1. The summed E-state index contributed by atoms with van der Waals surface area (Å²) >= 11 is 1.34. The Bertz CT molecular complexity index is 1660. The number of nitrogens with one attached hydrogen (secondary N) is 3. The zero-order valence-corrected chi connectivity index (χ0v) is 25.9. The van der Waals surface area contributed by atoms with Gasteiger partial charge in [0.2, 0.25) is 5.91 Å². The Labute approximate surface area is 262 Å². The molecule has 0 aliphatic heterocycles. The Morgan fingerprint density at radius 3 is 2.02 bits per heavy atom. The van der Waals surface area contributed by atoms with Crippen molar-refractivity contribution < 1.29 is 19.2 Å². The molecule has 8 heteroatoms. The zero-order valence-electron chi connectivity index (χ0n) is 25.1. The van der Waals surface area contributed by atoms with Crippen LogP contribution in [-0.4, -0.2) is 28.8 Å². The third-order valence-corrected chi connectivity index (χ3v) is 7.87. The van der Waals surface area contributed by atoms with Crippen LogP contribution in [0.15, 0.2) is 114 Å². The highest BCUT2D eigenvalue weighted by Gasteiger charge is 2.18. The molecule has 1 unspecified atom stereocenters. The largest absolute Gasteiger partial charge is 0.325 e. The molecule has 0 radical (unpaired) electrons. The first-order valence-electron chi connectivity index (χ1n) is 14.3. The summed E-state index contributed by atoms with van der Waals surface area (Å²) < 4.78 is 0. The molecule has 44 heavy (non-hydrogen) atoms. The van der Waals surface area contributed by atoms with E-state index >= 15 is 0 Å². The second kappa shape index (κ2) is 15.0. The van der Waals surface area contributed by atoms with E-state index in [2.05, 4.69) is 29.8 Å². The molecule has 0 aromatic heterocycles. The number of hydrogen-bond donors (Lipinski definition) is 3. The Hall–Kier alpha value is -4.95. The summed E-state index contributed by atoms with van der Waals surface area (Å²) in [7, 11) is 0. The van der Waals surface area contributed by atoms with E-state index in [0.717, 1.165) is 10.5 Å². The van der Waals surface area contributed by atoms with E-state index in [4.69, 9.17) is 0 Å². The van der Waals surface area contributed by atoms with Crippen LogP contribution in [0.5, 0.6) is 0 Å². The number of thioether (sulfide) groups is 1. The predicted molar refractivity (Wildman–Crippen MR) is 178 cm³/mol. The van der Waals surface area contributed by atoms with Crippen molar-refractivity contribution in [3.05, 3.63) is 131 Å². The van der Waals surface area contributed by atoms with Gasteiger partial charge in [0.15, 0.2) is 5.78 Å². The lowest BCUT2D eigenvalue weighted by molar-refractivity contribution is -0.115. The van der Waals surface area contributed by atoms with Crippen LogP contribution in [0.4, 0.5) is 11.4 Å². The van der Waals surface area contributed by atoms with Crippen molar-refractivity contribution in [3.63, 3.8) is 0 Å². The van der Waals surface area contributed by atoms with Crippen molar-refractivity contribution in [2.45, 2.75) is 43.8 Å². The van der Waals surface area contributed by atoms with Crippen LogP contribution in [-0.2, 0) is 9.59 Å². The minimum Gasteiger partial charge on any atom is -0.325 e. The third-order valence-electron chi connectivity index (χ3n) is 6.78. The van der Waals surface area contributed by atoms with Gasteiger partial charge in [-0.1, -0.05) is 62.4 Å². The average molecular weight is 606 g/mol. The average Bonchev–Trinajstić information content (AvgIpc) is 3.01. The lowest BCUT2D eigenvalue weighted by Gasteiger charge is -2.14. The minimum absolute atomic E-state index is 0.0414. The van der Waals surface area contributed by atoms with Crippen LogP contribution < -0.4 is 16.0 Å². The summed E-state index contributed by atoms with van der Waals surface area (Å²) in [5, 5.41) is 8.07. The summed E-state index contributed by atoms with van der Waals surface area (Å²) in [4.78, 5) is 51.6. The second-order valence-corrected chi connectivity index (χ2v) is 12.0. The summed E-state index contributed by atoms with van der Waals surface area (Å²) in [5.41, 5.74) is 4.16. The van der Waals surface area contributed by atoms with Crippen LogP contribution >= 0.6 is 11.8 Å². The van der Waals surface area contributed by atoms with E-state index in [-0.39, 0.29) is 17.4 Å². The lowest BCUT2D eigenvalue weighted by atomic mass is 10.0. The number of anilines is 2. The highest BCUT2D eigenvalue weighted by Crippen LogP contribution is 2.27. The fourth-order valence-electron chi connectivity index (χ4n) is 4.22. The van der Waals surface area contributed by atoms with Crippen molar-refractivity contribution in [1.82, 2.24) is 5.32 Å². The van der Waals surface area contributed by atoms with E-state index in [1.165, 1.54) is 24.2 Å². The topological polar surface area (TPSA) is 104 Å². The van der Waals surface area contributed by atoms with Gasteiger partial charge in [0.05, 0.1) is 5.25 Å². The molecule has 0 saturated heterocycles. The molecule has 0 aliphatic rings. The summed E-state index contributed by atoms with van der Waals surface area (Å²) in [6.07, 6.45) is 1.65. The SMILES string of the molecule is CC(=O)c1ccc(NC(=O)C(C)Sc2cccc(NC(=O)/C(=C\c3ccc(C(C)C)cc3)NC(=O)c3ccccc3)c2)cc1. The molecule has 7 nitrogen and oxygen atoms in total. The van der Waals surface area contributed by atoms with Crippen molar-refractivity contribution >= 4 is 52.7 Å². The standard InChI is InChI=1S/C36H35N3O4S/c1-23(2)27-15-13-26(14-16-27)21-33(39-35(42)29-9-6-5-7-10-29)36(43)38-31-11-8-12-32(22-31)44-25(4)34(41)37-30-19-17-28(18-20-30)24(3)40/h5-23,25H,1-4H3,(H,37,41)(H,38,43)(H,39,42)/b33-21+. The monoisotopic (exact) mass is 605 g/mol. The van der Waals surface area contributed by atoms with Crippen molar-refractivity contribution in [2.75, 3.05) is 10.6 Å². The Morgan fingerprint density at radius 1 is 0.705 bits per heavy atom. The molecule has 1 atom stereocenters. The molecule has 0 aliphatic carbocycles. The molecule has 4 aromatic rings. The smallest absolute Gasteiger partial charge is 0.272 e. The van der Waals surface area contributed by atoms with Crippen LogP contribution in [0.25, 0.3) is 6.08 Å². The quantitative estimate of drug-likeness (QED) is 0.0931. The van der Waals surface area contributed by atoms with E-state index < -0.39 is 17.1 Å². The predicted octanol–water partition coefficient (Wildman–Crippen LogP) is 7.54. The first-order chi connectivity index (χ1) is 21.1. The van der Waals surface area contributed by atoms with Crippen LogP contribution in [0.2, 0.25) is 0 Å². The van der Waals surface area contributed by atoms with Gasteiger partial charge in [0, 0.05) is 27.4 Å². The molecule has 0 fully saturated rings. The van der Waals surface area contributed by atoms with Gasteiger partial charge in [0.1, 0.15) is 5.70 Å². The molecule has 4 aromatic carbocycles. The van der Waals surface area contributed by atoms with Crippen molar-refractivity contribution in [3.8, 4) is 0 Å². The van der Waals surface area contributed by atoms with E-state index in [1.807, 2.05) is 36.4 Å². The highest BCUT2D eigenvalue weighted by atomic mass is 32.2. The molecule has 0 saturated carbocycles. The number of carbonyl (C=O) groups excluding carboxylic acids is 4. The summed E-state index contributed by atoms with van der Waals surface area (Å²) in [5.74, 6) is -0.751. The normalized spacial score (nSPS) is 11.9. The molecular weight excluding hydrogens is 570 g/mol. The third kappa shape index (κ3) is 9.02. The van der Waals surface area contributed by atoms with Gasteiger partial charge in [-0.3, -0.25) is 19.2 Å². The first-order valence-corrected chi connectivity index (χ1v) is 15.1.